The summed E-state index contributed by atoms with van der Waals surface area (Å²) in [5.74, 6) is 1.65. The molecule has 1 heterocycles. The second kappa shape index (κ2) is 5.59. The summed E-state index contributed by atoms with van der Waals surface area (Å²) < 4.78 is 4.91. The highest BCUT2D eigenvalue weighted by atomic mass is 16.5. The molecule has 0 saturated heterocycles. The van der Waals surface area contributed by atoms with Crippen molar-refractivity contribution in [3.8, 4) is 0 Å². The van der Waals surface area contributed by atoms with Crippen molar-refractivity contribution in [3.63, 3.8) is 0 Å². The molecule has 4 nitrogen and oxygen atoms in total. The van der Waals surface area contributed by atoms with Crippen LogP contribution in [0, 0.1) is 6.92 Å². The number of aromatic nitrogens is 1. The number of hydrogen-bond acceptors (Lipinski definition) is 4. The van der Waals surface area contributed by atoms with Crippen molar-refractivity contribution in [1.82, 2.24) is 10.5 Å². The van der Waals surface area contributed by atoms with E-state index >= 15 is 0 Å². The minimum Gasteiger partial charge on any atom is -0.366 e. The molecule has 0 radical (unpaired) electrons. The third-order valence-corrected chi connectivity index (χ3v) is 1.66. The average Bonchev–Trinajstić information content (AvgIpc) is 2.51. The first-order valence-corrected chi connectivity index (χ1v) is 4.71. The summed E-state index contributed by atoms with van der Waals surface area (Å²) in [7, 11) is 0. The monoisotopic (exact) mass is 183 g/mol. The van der Waals surface area contributed by atoms with Crippen LogP contribution in [0.1, 0.15) is 19.1 Å². The van der Waals surface area contributed by atoms with E-state index in [0.29, 0.717) is 0 Å². The summed E-state index contributed by atoms with van der Waals surface area (Å²) >= 11 is 0. The Kier molecular flexibility index (Phi) is 4.32. The van der Waals surface area contributed by atoms with Crippen LogP contribution in [0.15, 0.2) is 10.6 Å². The van der Waals surface area contributed by atoms with Crippen molar-refractivity contribution in [2.45, 2.75) is 20.3 Å². The topological polar surface area (TPSA) is 50.1 Å². The summed E-state index contributed by atoms with van der Waals surface area (Å²) in [5.41, 5.74) is 0. The first-order chi connectivity index (χ1) is 6.33. The molecule has 4 heteroatoms. The summed E-state index contributed by atoms with van der Waals surface area (Å²) in [4.78, 5) is 0. The zero-order valence-electron chi connectivity index (χ0n) is 8.26. The summed E-state index contributed by atoms with van der Waals surface area (Å²) in [6.45, 7) is 6.94. The smallest absolute Gasteiger partial charge is 0.169 e. The Morgan fingerprint density at radius 2 is 2.23 bits per heavy atom. The van der Waals surface area contributed by atoms with Gasteiger partial charge in [-0.2, -0.15) is 0 Å². The number of nitrogens with one attached hydrogen (secondary N) is 2. The molecule has 0 aromatic carbocycles. The lowest BCUT2D eigenvalue weighted by Gasteiger charge is -2.02. The van der Waals surface area contributed by atoms with Gasteiger partial charge in [0.05, 0.1) is 0 Å². The van der Waals surface area contributed by atoms with E-state index in [2.05, 4.69) is 22.7 Å². The van der Waals surface area contributed by atoms with Gasteiger partial charge in [-0.05, 0) is 19.9 Å². The van der Waals surface area contributed by atoms with Gasteiger partial charge in [-0.3, -0.25) is 0 Å². The number of anilines is 1. The van der Waals surface area contributed by atoms with E-state index < -0.39 is 0 Å². The molecule has 1 rings (SSSR count). The van der Waals surface area contributed by atoms with E-state index in [0.717, 1.165) is 31.2 Å². The number of rotatable bonds is 6. The van der Waals surface area contributed by atoms with Crippen LogP contribution < -0.4 is 10.6 Å². The summed E-state index contributed by atoms with van der Waals surface area (Å²) in [5, 5.41) is 10.3. The van der Waals surface area contributed by atoms with E-state index in [1.807, 2.05) is 13.0 Å². The lowest BCUT2D eigenvalue weighted by Crippen LogP contribution is -2.22. The fourth-order valence-electron chi connectivity index (χ4n) is 1.03. The molecule has 0 fully saturated rings. The van der Waals surface area contributed by atoms with Crippen LogP contribution in [0.25, 0.3) is 0 Å². The van der Waals surface area contributed by atoms with E-state index in [-0.39, 0.29) is 0 Å². The van der Waals surface area contributed by atoms with E-state index in [1.54, 1.807) is 0 Å². The Morgan fingerprint density at radius 1 is 1.38 bits per heavy atom. The van der Waals surface area contributed by atoms with Crippen LogP contribution in [0.4, 0.5) is 5.82 Å². The van der Waals surface area contributed by atoms with Gasteiger partial charge in [0.15, 0.2) is 5.82 Å². The lowest BCUT2D eigenvalue weighted by atomic mass is 10.4. The molecule has 2 N–H and O–H groups in total. The van der Waals surface area contributed by atoms with E-state index in [9.17, 15) is 0 Å². The molecule has 0 aliphatic carbocycles. The van der Waals surface area contributed by atoms with Crippen LogP contribution in [0.3, 0.4) is 0 Å². The van der Waals surface area contributed by atoms with Crippen molar-refractivity contribution in [1.29, 1.82) is 0 Å². The van der Waals surface area contributed by atoms with Gasteiger partial charge in [-0.15, -0.1) is 0 Å². The molecule has 0 bridgehead atoms. The first-order valence-electron chi connectivity index (χ1n) is 4.71. The van der Waals surface area contributed by atoms with Crippen molar-refractivity contribution < 1.29 is 4.52 Å². The van der Waals surface area contributed by atoms with Crippen molar-refractivity contribution >= 4 is 5.82 Å². The second-order valence-corrected chi connectivity index (χ2v) is 3.00. The molecule has 13 heavy (non-hydrogen) atoms. The molecule has 0 atom stereocenters. The minimum absolute atomic E-state index is 0.816. The largest absolute Gasteiger partial charge is 0.366 e. The zero-order valence-corrected chi connectivity index (χ0v) is 8.26. The average molecular weight is 183 g/mol. The van der Waals surface area contributed by atoms with Gasteiger partial charge in [0.2, 0.25) is 0 Å². The van der Waals surface area contributed by atoms with Gasteiger partial charge < -0.3 is 15.2 Å². The van der Waals surface area contributed by atoms with Crippen LogP contribution in [-0.4, -0.2) is 24.8 Å². The Balaban J connectivity index is 2.06. The maximum Gasteiger partial charge on any atom is 0.169 e. The van der Waals surface area contributed by atoms with Gasteiger partial charge in [0.1, 0.15) is 5.76 Å². The number of aryl methyl sites for hydroxylation is 1. The zero-order chi connectivity index (χ0) is 9.52. The molecule has 0 unspecified atom stereocenters. The first kappa shape index (κ1) is 10.1. The summed E-state index contributed by atoms with van der Waals surface area (Å²) in [6, 6.07) is 1.89. The van der Waals surface area contributed by atoms with Crippen molar-refractivity contribution in [2.75, 3.05) is 25.0 Å². The maximum absolute atomic E-state index is 4.91. The predicted molar refractivity (Wildman–Crippen MR) is 52.9 cm³/mol. The Labute approximate surface area is 78.7 Å². The molecule has 0 aliphatic rings. The maximum atomic E-state index is 4.91. The molecule has 74 valence electrons. The second-order valence-electron chi connectivity index (χ2n) is 3.00. The lowest BCUT2D eigenvalue weighted by molar-refractivity contribution is 0.399. The third-order valence-electron chi connectivity index (χ3n) is 1.66. The molecule has 0 saturated carbocycles. The highest BCUT2D eigenvalue weighted by Crippen LogP contribution is 2.05. The third kappa shape index (κ3) is 3.94. The van der Waals surface area contributed by atoms with Gasteiger partial charge in [-0.1, -0.05) is 12.1 Å². The molecular formula is C9H17N3O. The molecule has 0 aliphatic heterocycles. The number of nitrogens with zero attached hydrogens (tertiary/aromatic N) is 1. The molecule has 1 aromatic rings. The Bertz CT molecular complexity index is 235. The fraction of sp³-hybridized carbons (Fsp3) is 0.667. The van der Waals surface area contributed by atoms with Gasteiger partial charge >= 0.3 is 0 Å². The highest BCUT2D eigenvalue weighted by Gasteiger charge is 1.96. The number of hydrogen-bond donors (Lipinski definition) is 2. The molecule has 1 aromatic heterocycles. The quantitative estimate of drug-likeness (QED) is 0.654. The fourth-order valence-corrected chi connectivity index (χ4v) is 1.03. The minimum atomic E-state index is 0.816. The van der Waals surface area contributed by atoms with Gasteiger partial charge in [0, 0.05) is 19.2 Å². The normalized spacial score (nSPS) is 10.3. The van der Waals surface area contributed by atoms with E-state index in [4.69, 9.17) is 4.52 Å². The van der Waals surface area contributed by atoms with Crippen LogP contribution >= 0.6 is 0 Å². The Hall–Kier alpha value is -1.03. The van der Waals surface area contributed by atoms with Crippen LogP contribution in [-0.2, 0) is 0 Å². The molecule has 0 amide bonds. The highest BCUT2D eigenvalue weighted by molar-refractivity contribution is 5.33. The standard InChI is InChI=1S/C9H17N3O/c1-3-4-10-5-6-11-9-7-8(2)13-12-9/h7,10H,3-6H2,1-2H3,(H,11,12). The molecular weight excluding hydrogens is 166 g/mol. The van der Waals surface area contributed by atoms with E-state index in [1.165, 1.54) is 6.42 Å². The SMILES string of the molecule is CCCNCCNc1cc(C)on1. The van der Waals surface area contributed by atoms with Gasteiger partial charge in [-0.25, -0.2) is 0 Å². The van der Waals surface area contributed by atoms with Crippen molar-refractivity contribution in [2.24, 2.45) is 0 Å². The van der Waals surface area contributed by atoms with Crippen molar-refractivity contribution in [3.05, 3.63) is 11.8 Å². The van der Waals surface area contributed by atoms with Gasteiger partial charge in [0.25, 0.3) is 0 Å². The predicted octanol–water partition coefficient (Wildman–Crippen LogP) is 1.39. The summed E-state index contributed by atoms with van der Waals surface area (Å²) in [6.07, 6.45) is 1.17. The van der Waals surface area contributed by atoms with Crippen LogP contribution in [0.2, 0.25) is 0 Å². The molecule has 0 spiro atoms. The van der Waals surface area contributed by atoms with Crippen LogP contribution in [0.5, 0.6) is 0 Å². The Morgan fingerprint density at radius 3 is 2.85 bits per heavy atom.